The van der Waals surface area contributed by atoms with Crippen LogP contribution in [0.5, 0.6) is 0 Å². The molecule has 4 nitrogen and oxygen atoms in total. The molecular weight excluding hydrogens is 309 g/mol. The quantitative estimate of drug-likeness (QED) is 0.818. The molecule has 0 fully saturated rings. The van der Waals surface area contributed by atoms with Crippen molar-refractivity contribution in [1.29, 1.82) is 0 Å². The number of carbonyl (C=O) groups is 1. The van der Waals surface area contributed by atoms with Crippen LogP contribution in [-0.2, 0) is 0 Å². The number of pyridine rings is 1. The number of anilines is 1. The standard InChI is InChI=1S/C7H5F2IN2O2/c8-6(9)3-2(11)1-12-5(4(3)10)7(13)14/h1,6H,11H2,(H,13,14). The van der Waals surface area contributed by atoms with Gasteiger partial charge in [-0.15, -0.1) is 0 Å². The molecule has 76 valence electrons. The third-order valence-corrected chi connectivity index (χ3v) is 2.60. The van der Waals surface area contributed by atoms with Gasteiger partial charge in [-0.2, -0.15) is 0 Å². The third-order valence-electron chi connectivity index (χ3n) is 1.51. The number of halogens is 3. The Kier molecular flexibility index (Phi) is 3.19. The monoisotopic (exact) mass is 314 g/mol. The van der Waals surface area contributed by atoms with Gasteiger partial charge in [0.2, 0.25) is 0 Å². The number of hydrogen-bond acceptors (Lipinski definition) is 3. The molecule has 0 aliphatic carbocycles. The van der Waals surface area contributed by atoms with Crippen molar-refractivity contribution in [1.82, 2.24) is 4.98 Å². The van der Waals surface area contributed by atoms with E-state index >= 15 is 0 Å². The van der Waals surface area contributed by atoms with E-state index in [1.165, 1.54) is 22.6 Å². The van der Waals surface area contributed by atoms with Crippen LogP contribution in [-0.4, -0.2) is 16.1 Å². The highest BCUT2D eigenvalue weighted by Crippen LogP contribution is 2.30. The fourth-order valence-electron chi connectivity index (χ4n) is 0.885. The molecule has 0 amide bonds. The van der Waals surface area contributed by atoms with Crippen molar-refractivity contribution in [3.63, 3.8) is 0 Å². The van der Waals surface area contributed by atoms with E-state index in [1.807, 2.05) is 0 Å². The maximum absolute atomic E-state index is 12.4. The van der Waals surface area contributed by atoms with Crippen molar-refractivity contribution >= 4 is 34.2 Å². The van der Waals surface area contributed by atoms with E-state index in [0.717, 1.165) is 6.20 Å². The lowest BCUT2D eigenvalue weighted by atomic mass is 10.2. The van der Waals surface area contributed by atoms with Gasteiger partial charge in [0.15, 0.2) is 5.69 Å². The lowest BCUT2D eigenvalue weighted by Gasteiger charge is -2.08. The summed E-state index contributed by atoms with van der Waals surface area (Å²) in [6, 6.07) is 0. The summed E-state index contributed by atoms with van der Waals surface area (Å²) in [7, 11) is 0. The molecule has 1 rings (SSSR count). The van der Waals surface area contributed by atoms with E-state index < -0.39 is 23.7 Å². The first-order valence-electron chi connectivity index (χ1n) is 3.40. The van der Waals surface area contributed by atoms with Crippen molar-refractivity contribution in [3.8, 4) is 0 Å². The van der Waals surface area contributed by atoms with Crippen LogP contribution in [0.25, 0.3) is 0 Å². The second-order valence-electron chi connectivity index (χ2n) is 2.40. The van der Waals surface area contributed by atoms with Gasteiger partial charge in [0.1, 0.15) is 0 Å². The minimum absolute atomic E-state index is 0.120. The molecule has 0 atom stereocenters. The Morgan fingerprint density at radius 2 is 2.21 bits per heavy atom. The van der Waals surface area contributed by atoms with Crippen LogP contribution in [0.3, 0.4) is 0 Å². The summed E-state index contributed by atoms with van der Waals surface area (Å²) < 4.78 is 24.7. The number of aromatic carboxylic acids is 1. The molecule has 1 aromatic rings. The molecule has 0 aliphatic rings. The highest BCUT2D eigenvalue weighted by Gasteiger charge is 2.21. The first-order valence-corrected chi connectivity index (χ1v) is 4.48. The fraction of sp³-hybridized carbons (Fsp3) is 0.143. The minimum Gasteiger partial charge on any atom is -0.476 e. The van der Waals surface area contributed by atoms with Crippen LogP contribution in [0.15, 0.2) is 6.20 Å². The van der Waals surface area contributed by atoms with Gasteiger partial charge >= 0.3 is 5.97 Å². The maximum Gasteiger partial charge on any atom is 0.355 e. The molecular formula is C7H5F2IN2O2. The predicted octanol–water partition coefficient (Wildman–Crippen LogP) is 1.90. The molecule has 0 saturated carbocycles. The number of hydrogen-bond donors (Lipinski definition) is 2. The van der Waals surface area contributed by atoms with E-state index in [0.29, 0.717) is 0 Å². The van der Waals surface area contributed by atoms with Crippen LogP contribution in [0.2, 0.25) is 0 Å². The number of carboxylic acids is 1. The van der Waals surface area contributed by atoms with Gasteiger partial charge in [-0.1, -0.05) is 0 Å². The van der Waals surface area contributed by atoms with E-state index in [9.17, 15) is 13.6 Å². The first-order chi connectivity index (χ1) is 6.45. The van der Waals surface area contributed by atoms with Gasteiger partial charge in [0, 0.05) is 0 Å². The highest BCUT2D eigenvalue weighted by molar-refractivity contribution is 14.1. The number of nitrogens with zero attached hydrogens (tertiary/aromatic N) is 1. The van der Waals surface area contributed by atoms with Gasteiger partial charge < -0.3 is 10.8 Å². The lowest BCUT2D eigenvalue weighted by molar-refractivity contribution is 0.0688. The largest absolute Gasteiger partial charge is 0.476 e. The Morgan fingerprint density at radius 3 is 2.64 bits per heavy atom. The molecule has 0 bridgehead atoms. The van der Waals surface area contributed by atoms with Gasteiger partial charge in [0.05, 0.1) is 21.0 Å². The zero-order valence-corrected chi connectivity index (χ0v) is 8.83. The molecule has 1 heterocycles. The van der Waals surface area contributed by atoms with Crippen LogP contribution >= 0.6 is 22.6 Å². The van der Waals surface area contributed by atoms with E-state index in [1.54, 1.807) is 0 Å². The van der Waals surface area contributed by atoms with E-state index in [2.05, 4.69) is 4.98 Å². The zero-order valence-electron chi connectivity index (χ0n) is 6.67. The molecule has 3 N–H and O–H groups in total. The van der Waals surface area contributed by atoms with Gasteiger partial charge in [0.25, 0.3) is 6.43 Å². The normalized spacial score (nSPS) is 10.6. The summed E-state index contributed by atoms with van der Waals surface area (Å²) in [6.07, 6.45) is -1.88. The molecule has 1 aromatic heterocycles. The van der Waals surface area contributed by atoms with Crippen LogP contribution < -0.4 is 5.73 Å². The summed E-state index contributed by atoms with van der Waals surface area (Å²) in [5, 5.41) is 8.61. The maximum atomic E-state index is 12.4. The minimum atomic E-state index is -2.80. The lowest BCUT2D eigenvalue weighted by Crippen LogP contribution is -2.09. The predicted molar refractivity (Wildman–Crippen MR) is 53.3 cm³/mol. The van der Waals surface area contributed by atoms with Gasteiger partial charge in [-0.3, -0.25) is 0 Å². The van der Waals surface area contributed by atoms with Crippen molar-refractivity contribution < 1.29 is 18.7 Å². The smallest absolute Gasteiger partial charge is 0.355 e. The number of nitrogen functional groups attached to an aromatic ring is 1. The SMILES string of the molecule is Nc1cnc(C(=O)O)c(I)c1C(F)F. The topological polar surface area (TPSA) is 76.2 Å². The van der Waals surface area contributed by atoms with Crippen molar-refractivity contribution in [2.75, 3.05) is 5.73 Å². The summed E-state index contributed by atoms with van der Waals surface area (Å²) >= 11 is 1.49. The Morgan fingerprint density at radius 1 is 1.64 bits per heavy atom. The second-order valence-corrected chi connectivity index (χ2v) is 3.47. The first kappa shape index (κ1) is 11.1. The molecule has 0 radical (unpaired) electrons. The zero-order chi connectivity index (χ0) is 10.9. The van der Waals surface area contributed by atoms with Crippen molar-refractivity contribution in [2.24, 2.45) is 0 Å². The van der Waals surface area contributed by atoms with Gasteiger partial charge in [-0.05, 0) is 22.6 Å². The molecule has 0 spiro atoms. The summed E-state index contributed by atoms with van der Waals surface area (Å²) in [5.41, 5.74) is 4.17. The molecule has 0 aromatic carbocycles. The third kappa shape index (κ3) is 1.91. The molecule has 0 saturated heterocycles. The van der Waals surface area contributed by atoms with Crippen molar-refractivity contribution in [2.45, 2.75) is 6.43 Å². The van der Waals surface area contributed by atoms with Crippen molar-refractivity contribution in [3.05, 3.63) is 21.0 Å². The Labute approximate surface area is 91.3 Å². The molecule has 7 heteroatoms. The van der Waals surface area contributed by atoms with E-state index in [4.69, 9.17) is 10.8 Å². The van der Waals surface area contributed by atoms with Crippen LogP contribution in [0.1, 0.15) is 22.5 Å². The summed E-state index contributed by atoms with van der Waals surface area (Å²) in [5.74, 6) is -1.35. The number of rotatable bonds is 2. The summed E-state index contributed by atoms with van der Waals surface area (Å²) in [4.78, 5) is 14.0. The van der Waals surface area contributed by atoms with Gasteiger partial charge in [-0.25, -0.2) is 18.6 Å². The Bertz CT molecular complexity index is 384. The highest BCUT2D eigenvalue weighted by atomic mass is 127. The summed E-state index contributed by atoms with van der Waals surface area (Å²) in [6.45, 7) is 0. The number of nitrogens with two attached hydrogens (primary N) is 1. The fourth-order valence-corrected chi connectivity index (χ4v) is 1.80. The molecule has 0 aliphatic heterocycles. The Hall–Kier alpha value is -0.990. The Balaban J connectivity index is 3.41. The average Bonchev–Trinajstić information content (AvgIpc) is 2.02. The number of aromatic nitrogens is 1. The van der Waals surface area contributed by atoms with Crippen LogP contribution in [0.4, 0.5) is 14.5 Å². The second kappa shape index (κ2) is 4.03. The molecule has 14 heavy (non-hydrogen) atoms. The average molecular weight is 314 g/mol. The van der Waals surface area contributed by atoms with Crippen LogP contribution in [0, 0.1) is 3.57 Å². The number of carboxylic acid groups (broad SMARTS) is 1. The van der Waals surface area contributed by atoms with E-state index in [-0.39, 0.29) is 9.26 Å². The number of alkyl halides is 2. The molecule has 0 unspecified atom stereocenters.